The lowest BCUT2D eigenvalue weighted by Gasteiger charge is -2.10. The molecule has 3 nitrogen and oxygen atoms in total. The van der Waals surface area contributed by atoms with Crippen LogP contribution in [0.25, 0.3) is 0 Å². The Labute approximate surface area is 56.4 Å². The molecule has 0 aromatic carbocycles. The maximum atomic E-state index is 11.5. The number of nitrogens with two attached hydrogens (primary N) is 2. The van der Waals surface area contributed by atoms with Gasteiger partial charge in [-0.3, -0.25) is 0 Å². The summed E-state index contributed by atoms with van der Waals surface area (Å²) in [6.45, 7) is 0. The third-order valence-corrected chi connectivity index (χ3v) is 0.698. The van der Waals surface area contributed by atoms with Gasteiger partial charge in [0.25, 0.3) is 6.43 Å². The minimum atomic E-state index is -2.65. The first-order valence-corrected chi connectivity index (χ1v) is 2.54. The van der Waals surface area contributed by atoms with E-state index in [-0.39, 0.29) is 5.11 Å². The molecule has 0 aliphatic rings. The summed E-state index contributed by atoms with van der Waals surface area (Å²) in [6, 6.07) is 0. The third-order valence-electron chi connectivity index (χ3n) is 0.580. The van der Waals surface area contributed by atoms with Crippen LogP contribution in [-0.2, 0) is 0 Å². The first-order valence-electron chi connectivity index (χ1n) is 2.13. The van der Waals surface area contributed by atoms with E-state index in [1.807, 2.05) is 5.32 Å². The average molecular weight is 155 g/mol. The van der Waals surface area contributed by atoms with E-state index >= 15 is 0 Å². The molecule has 0 heterocycles. The molecule has 0 bridgehead atoms. The van der Waals surface area contributed by atoms with Crippen LogP contribution in [0.2, 0.25) is 0 Å². The molecule has 1 unspecified atom stereocenters. The molecule has 0 amide bonds. The van der Waals surface area contributed by atoms with Crippen LogP contribution in [0.15, 0.2) is 0 Å². The van der Waals surface area contributed by atoms with Crippen molar-refractivity contribution in [3.63, 3.8) is 0 Å². The summed E-state index contributed by atoms with van der Waals surface area (Å²) < 4.78 is 23.0. The van der Waals surface area contributed by atoms with E-state index in [1.165, 1.54) is 0 Å². The van der Waals surface area contributed by atoms with Crippen LogP contribution < -0.4 is 16.8 Å². The molecule has 9 heavy (non-hydrogen) atoms. The monoisotopic (exact) mass is 155 g/mol. The van der Waals surface area contributed by atoms with Gasteiger partial charge in [0.1, 0.15) is 6.17 Å². The van der Waals surface area contributed by atoms with E-state index in [9.17, 15) is 8.78 Å². The lowest BCUT2D eigenvalue weighted by molar-refractivity contribution is 0.110. The zero-order valence-corrected chi connectivity index (χ0v) is 5.29. The van der Waals surface area contributed by atoms with Crippen LogP contribution in [0, 0.1) is 0 Å². The zero-order valence-electron chi connectivity index (χ0n) is 4.47. The van der Waals surface area contributed by atoms with Gasteiger partial charge >= 0.3 is 0 Å². The Morgan fingerprint density at radius 1 is 1.56 bits per heavy atom. The van der Waals surface area contributed by atoms with Crippen molar-refractivity contribution in [2.24, 2.45) is 11.5 Å². The second-order valence-electron chi connectivity index (χ2n) is 1.37. The van der Waals surface area contributed by atoms with Crippen molar-refractivity contribution in [3.05, 3.63) is 0 Å². The summed E-state index contributed by atoms with van der Waals surface area (Å²) in [5.74, 6) is 0. The largest absolute Gasteiger partial charge is 0.376 e. The molecule has 1 atom stereocenters. The number of thiocarbonyl (C=S) groups is 1. The number of hydrogen-bond acceptors (Lipinski definition) is 2. The summed E-state index contributed by atoms with van der Waals surface area (Å²) in [5, 5.41) is 1.76. The number of nitrogens with one attached hydrogen (secondary N) is 1. The molecule has 0 saturated heterocycles. The fourth-order valence-electron chi connectivity index (χ4n) is 0.227. The maximum Gasteiger partial charge on any atom is 0.271 e. The SMILES string of the molecule is NC(=S)NC(N)C(F)F. The van der Waals surface area contributed by atoms with Crippen molar-refractivity contribution in [1.82, 2.24) is 5.32 Å². The van der Waals surface area contributed by atoms with E-state index in [1.54, 1.807) is 0 Å². The normalized spacial score (nSPS) is 13.3. The quantitative estimate of drug-likeness (QED) is 0.367. The van der Waals surface area contributed by atoms with Gasteiger partial charge in [-0.2, -0.15) is 0 Å². The minimum Gasteiger partial charge on any atom is -0.376 e. The zero-order chi connectivity index (χ0) is 7.44. The Kier molecular flexibility index (Phi) is 3.33. The van der Waals surface area contributed by atoms with Crippen molar-refractivity contribution in [3.8, 4) is 0 Å². The van der Waals surface area contributed by atoms with Gasteiger partial charge in [0.05, 0.1) is 0 Å². The molecule has 54 valence electrons. The van der Waals surface area contributed by atoms with E-state index < -0.39 is 12.6 Å². The molecule has 0 radical (unpaired) electrons. The molecular formula is C3H7F2N3S. The van der Waals surface area contributed by atoms with E-state index in [0.717, 1.165) is 0 Å². The van der Waals surface area contributed by atoms with Crippen LogP contribution in [0.1, 0.15) is 0 Å². The number of rotatable bonds is 2. The fraction of sp³-hybridized carbons (Fsp3) is 0.667. The molecule has 0 aromatic rings. The molecule has 0 saturated carbocycles. The van der Waals surface area contributed by atoms with Gasteiger partial charge in [0.15, 0.2) is 5.11 Å². The summed E-state index contributed by atoms with van der Waals surface area (Å²) in [4.78, 5) is 0. The highest BCUT2D eigenvalue weighted by Gasteiger charge is 2.13. The molecule has 0 rings (SSSR count). The molecule has 0 fully saturated rings. The summed E-state index contributed by atoms with van der Waals surface area (Å²) >= 11 is 4.24. The predicted octanol–water partition coefficient (Wildman–Crippen LogP) is -0.631. The number of alkyl halides is 2. The van der Waals surface area contributed by atoms with Gasteiger partial charge in [-0.1, -0.05) is 0 Å². The van der Waals surface area contributed by atoms with E-state index in [0.29, 0.717) is 0 Å². The van der Waals surface area contributed by atoms with Gasteiger partial charge in [-0.15, -0.1) is 0 Å². The molecule has 0 aromatic heterocycles. The first-order chi connectivity index (χ1) is 4.04. The smallest absolute Gasteiger partial charge is 0.271 e. The fourth-order valence-corrected chi connectivity index (χ4v) is 0.363. The Balaban J connectivity index is 3.50. The summed E-state index contributed by atoms with van der Waals surface area (Å²) in [5.41, 5.74) is 9.63. The Morgan fingerprint density at radius 3 is 2.11 bits per heavy atom. The molecule has 5 N–H and O–H groups in total. The highest BCUT2D eigenvalue weighted by molar-refractivity contribution is 7.80. The Hall–Kier alpha value is -0.490. The lowest BCUT2D eigenvalue weighted by Crippen LogP contribution is -2.48. The second kappa shape index (κ2) is 3.52. The summed E-state index contributed by atoms with van der Waals surface area (Å²) in [7, 11) is 0. The standard InChI is InChI=1S/C3H7F2N3S/c4-1(5)2(6)8-3(7)9/h1-2H,6H2,(H3,7,8,9). The molecule has 0 spiro atoms. The van der Waals surface area contributed by atoms with Crippen LogP contribution in [0.5, 0.6) is 0 Å². The number of hydrogen-bond donors (Lipinski definition) is 3. The minimum absolute atomic E-state index is 0.220. The predicted molar refractivity (Wildman–Crippen MR) is 33.9 cm³/mol. The highest BCUT2D eigenvalue weighted by Crippen LogP contribution is 1.92. The van der Waals surface area contributed by atoms with E-state index in [2.05, 4.69) is 12.2 Å². The summed E-state index contributed by atoms with van der Waals surface area (Å²) in [6.07, 6.45) is -4.10. The molecule has 0 aliphatic heterocycles. The topological polar surface area (TPSA) is 64.1 Å². The number of halogens is 2. The van der Waals surface area contributed by atoms with Gasteiger partial charge in [0.2, 0.25) is 0 Å². The van der Waals surface area contributed by atoms with Crippen molar-refractivity contribution in [2.75, 3.05) is 0 Å². The van der Waals surface area contributed by atoms with Crippen LogP contribution in [0.3, 0.4) is 0 Å². The lowest BCUT2D eigenvalue weighted by atomic mass is 10.5. The average Bonchev–Trinajstić information content (AvgIpc) is 1.63. The van der Waals surface area contributed by atoms with Crippen LogP contribution in [0.4, 0.5) is 8.78 Å². The molecular weight excluding hydrogens is 148 g/mol. The van der Waals surface area contributed by atoms with Crippen molar-refractivity contribution >= 4 is 17.3 Å². The molecule has 0 aliphatic carbocycles. The van der Waals surface area contributed by atoms with Crippen LogP contribution in [-0.4, -0.2) is 17.7 Å². The Bertz CT molecular complexity index is 107. The molecule has 6 heteroatoms. The maximum absolute atomic E-state index is 11.5. The Morgan fingerprint density at radius 2 is 2.00 bits per heavy atom. The van der Waals surface area contributed by atoms with Crippen molar-refractivity contribution in [1.29, 1.82) is 0 Å². The van der Waals surface area contributed by atoms with Gasteiger partial charge < -0.3 is 16.8 Å². The van der Waals surface area contributed by atoms with Gasteiger partial charge in [-0.25, -0.2) is 8.78 Å². The van der Waals surface area contributed by atoms with Crippen LogP contribution >= 0.6 is 12.2 Å². The highest BCUT2D eigenvalue weighted by atomic mass is 32.1. The van der Waals surface area contributed by atoms with Gasteiger partial charge in [0, 0.05) is 0 Å². The van der Waals surface area contributed by atoms with Gasteiger partial charge in [-0.05, 0) is 12.2 Å². The van der Waals surface area contributed by atoms with Crippen molar-refractivity contribution in [2.45, 2.75) is 12.6 Å². The van der Waals surface area contributed by atoms with Crippen molar-refractivity contribution < 1.29 is 8.78 Å². The van der Waals surface area contributed by atoms with E-state index in [4.69, 9.17) is 11.5 Å². The third kappa shape index (κ3) is 4.04. The first kappa shape index (κ1) is 8.51. The second-order valence-corrected chi connectivity index (χ2v) is 1.81.